The van der Waals surface area contributed by atoms with E-state index in [1.165, 1.54) is 7.11 Å². The number of nitrogens with zero attached hydrogens (tertiary/aromatic N) is 2. The van der Waals surface area contributed by atoms with Crippen molar-refractivity contribution in [1.29, 1.82) is 0 Å². The highest BCUT2D eigenvalue weighted by Gasteiger charge is 2.07. The van der Waals surface area contributed by atoms with Crippen LogP contribution in [-0.2, 0) is 4.74 Å². The minimum absolute atomic E-state index is 0.352. The lowest BCUT2D eigenvalue weighted by Gasteiger charge is -2.09. The molecule has 0 atom stereocenters. The van der Waals surface area contributed by atoms with Gasteiger partial charge < -0.3 is 10.5 Å². The molecule has 1 heterocycles. The average molecular weight is 284 g/mol. The first-order chi connectivity index (χ1) is 10.1. The molecule has 0 radical (unpaired) electrons. The third kappa shape index (κ3) is 3.56. The average Bonchev–Trinajstić information content (AvgIpc) is 2.48. The summed E-state index contributed by atoms with van der Waals surface area (Å²) in [6.07, 6.45) is 2.72. The normalized spacial score (nSPS) is 10.6. The number of ether oxygens (including phenoxy) is 1. The molecule has 21 heavy (non-hydrogen) atoms. The summed E-state index contributed by atoms with van der Waals surface area (Å²) in [4.78, 5) is 19.7. The van der Waals surface area contributed by atoms with Crippen LogP contribution < -0.4 is 11.1 Å². The quantitative estimate of drug-likeness (QED) is 0.848. The van der Waals surface area contributed by atoms with Crippen LogP contribution in [0.4, 0.5) is 22.0 Å². The van der Waals surface area contributed by atoms with E-state index in [0.29, 0.717) is 17.2 Å². The Bertz CT molecular complexity index is 683. The van der Waals surface area contributed by atoms with Crippen molar-refractivity contribution in [3.63, 3.8) is 0 Å². The third-order valence-corrected chi connectivity index (χ3v) is 2.90. The Morgan fingerprint density at radius 3 is 2.90 bits per heavy atom. The summed E-state index contributed by atoms with van der Waals surface area (Å²) in [5.74, 6) is 0.352. The van der Waals surface area contributed by atoms with E-state index >= 15 is 0 Å². The molecule has 0 aliphatic carbocycles. The maximum Gasteiger partial charge on any atom is 0.411 e. The number of benzene rings is 1. The highest BCUT2D eigenvalue weighted by atomic mass is 16.5. The number of aliphatic imine (C=N–C) groups is 1. The molecule has 0 fully saturated rings. The van der Waals surface area contributed by atoms with Crippen LogP contribution in [0.5, 0.6) is 0 Å². The number of aromatic nitrogens is 1. The zero-order valence-electron chi connectivity index (χ0n) is 11.8. The van der Waals surface area contributed by atoms with E-state index < -0.39 is 6.09 Å². The van der Waals surface area contributed by atoms with Crippen LogP contribution in [0.2, 0.25) is 0 Å². The second-order valence-electron chi connectivity index (χ2n) is 4.32. The Labute approximate surface area is 122 Å². The van der Waals surface area contributed by atoms with E-state index in [1.807, 2.05) is 19.1 Å². The molecule has 0 aliphatic rings. The van der Waals surface area contributed by atoms with E-state index in [9.17, 15) is 4.79 Å². The minimum atomic E-state index is -0.531. The third-order valence-electron chi connectivity index (χ3n) is 2.90. The number of hydrogen-bond donors (Lipinski definition) is 2. The largest absolute Gasteiger partial charge is 0.453 e. The topological polar surface area (TPSA) is 89.6 Å². The number of carbonyl (C=O) groups excluding carboxylic acids is 1. The van der Waals surface area contributed by atoms with Crippen LogP contribution in [0.3, 0.4) is 0 Å². The van der Waals surface area contributed by atoms with Crippen LogP contribution in [0.15, 0.2) is 41.5 Å². The van der Waals surface area contributed by atoms with Crippen LogP contribution in [0.1, 0.15) is 11.1 Å². The van der Waals surface area contributed by atoms with Gasteiger partial charge in [-0.3, -0.25) is 10.3 Å². The first-order valence-corrected chi connectivity index (χ1v) is 6.31. The van der Waals surface area contributed by atoms with Crippen molar-refractivity contribution >= 4 is 29.5 Å². The Morgan fingerprint density at radius 1 is 1.38 bits per heavy atom. The molecule has 1 aromatic heterocycles. The van der Waals surface area contributed by atoms with Gasteiger partial charge in [-0.2, -0.15) is 0 Å². The van der Waals surface area contributed by atoms with Crippen LogP contribution in [0.25, 0.3) is 0 Å². The van der Waals surface area contributed by atoms with Crippen molar-refractivity contribution in [2.75, 3.05) is 18.2 Å². The highest BCUT2D eigenvalue weighted by molar-refractivity contribution is 5.96. The lowest BCUT2D eigenvalue weighted by atomic mass is 10.1. The van der Waals surface area contributed by atoms with Crippen LogP contribution in [-0.4, -0.2) is 24.4 Å². The summed E-state index contributed by atoms with van der Waals surface area (Å²) in [5.41, 5.74) is 8.69. The number of nitrogens with one attached hydrogen (secondary N) is 1. The number of anilines is 2. The number of amides is 1. The van der Waals surface area contributed by atoms with Crippen molar-refractivity contribution in [2.45, 2.75) is 6.92 Å². The lowest BCUT2D eigenvalue weighted by molar-refractivity contribution is 0.187. The Balaban J connectivity index is 2.35. The smallest absolute Gasteiger partial charge is 0.411 e. The summed E-state index contributed by atoms with van der Waals surface area (Å²) >= 11 is 0. The Kier molecular flexibility index (Phi) is 4.50. The SMILES string of the molecule is COC(=O)Nc1cccc(C)c1C=Nc1cccnc1N. The predicted molar refractivity (Wildman–Crippen MR) is 83.1 cm³/mol. The molecule has 108 valence electrons. The molecule has 3 N–H and O–H groups in total. The van der Waals surface area contributed by atoms with Gasteiger partial charge in [0.05, 0.1) is 12.8 Å². The lowest BCUT2D eigenvalue weighted by Crippen LogP contribution is -2.12. The molecule has 6 heteroatoms. The molecule has 1 amide bonds. The van der Waals surface area contributed by atoms with Gasteiger partial charge in [0.25, 0.3) is 0 Å². The maximum atomic E-state index is 11.4. The molecule has 2 aromatic rings. The van der Waals surface area contributed by atoms with Gasteiger partial charge in [0.15, 0.2) is 0 Å². The van der Waals surface area contributed by atoms with Crippen LogP contribution in [0, 0.1) is 6.92 Å². The molecule has 0 unspecified atom stereocenters. The Morgan fingerprint density at radius 2 is 2.19 bits per heavy atom. The first-order valence-electron chi connectivity index (χ1n) is 6.31. The van der Waals surface area contributed by atoms with Crippen molar-refractivity contribution in [2.24, 2.45) is 4.99 Å². The number of rotatable bonds is 3. The number of pyridine rings is 1. The number of aryl methyl sites for hydroxylation is 1. The molecular weight excluding hydrogens is 268 g/mol. The van der Waals surface area contributed by atoms with Gasteiger partial charge in [0.1, 0.15) is 11.5 Å². The zero-order valence-corrected chi connectivity index (χ0v) is 11.8. The fourth-order valence-electron chi connectivity index (χ4n) is 1.77. The standard InChI is InChI=1S/C15H16N4O2/c1-10-5-3-6-12(19-15(20)21-2)11(10)9-18-13-7-4-8-17-14(13)16/h3-9H,1-2H3,(H2,16,17)(H,19,20). The van der Waals surface area contributed by atoms with Crippen molar-refractivity contribution in [1.82, 2.24) is 4.98 Å². The molecule has 6 nitrogen and oxygen atoms in total. The molecule has 0 saturated carbocycles. The summed E-state index contributed by atoms with van der Waals surface area (Å²) in [6.45, 7) is 1.93. The van der Waals surface area contributed by atoms with E-state index in [4.69, 9.17) is 5.73 Å². The van der Waals surface area contributed by atoms with Crippen molar-refractivity contribution in [3.05, 3.63) is 47.7 Å². The van der Waals surface area contributed by atoms with Gasteiger partial charge in [-0.15, -0.1) is 0 Å². The van der Waals surface area contributed by atoms with Gasteiger partial charge in [-0.05, 0) is 30.7 Å². The number of methoxy groups -OCH3 is 1. The molecule has 0 spiro atoms. The number of carbonyl (C=O) groups is 1. The molecule has 2 rings (SSSR count). The van der Waals surface area contributed by atoms with Gasteiger partial charge in [0, 0.05) is 18.0 Å². The zero-order chi connectivity index (χ0) is 15.2. The number of nitrogen functional groups attached to an aromatic ring is 1. The van der Waals surface area contributed by atoms with Crippen molar-refractivity contribution < 1.29 is 9.53 Å². The summed E-state index contributed by atoms with van der Waals surface area (Å²) in [6, 6.07) is 9.07. The van der Waals surface area contributed by atoms with Gasteiger partial charge in [-0.25, -0.2) is 9.78 Å². The molecule has 0 saturated heterocycles. The summed E-state index contributed by atoms with van der Waals surface area (Å²) in [5, 5.41) is 2.65. The van der Waals surface area contributed by atoms with E-state index in [2.05, 4.69) is 20.0 Å². The molecule has 1 aromatic carbocycles. The van der Waals surface area contributed by atoms with Gasteiger partial charge >= 0.3 is 6.09 Å². The second kappa shape index (κ2) is 6.51. The molecule has 0 bridgehead atoms. The molecular formula is C15H16N4O2. The molecule has 0 aliphatic heterocycles. The van der Waals surface area contributed by atoms with E-state index in [0.717, 1.165) is 11.1 Å². The predicted octanol–water partition coefficient (Wildman–Crippen LogP) is 2.90. The van der Waals surface area contributed by atoms with Crippen LogP contribution >= 0.6 is 0 Å². The maximum absolute atomic E-state index is 11.4. The Hall–Kier alpha value is -2.89. The first kappa shape index (κ1) is 14.5. The van der Waals surface area contributed by atoms with Crippen molar-refractivity contribution in [3.8, 4) is 0 Å². The van der Waals surface area contributed by atoms with Gasteiger partial charge in [-0.1, -0.05) is 12.1 Å². The van der Waals surface area contributed by atoms with Gasteiger partial charge in [0.2, 0.25) is 0 Å². The number of nitrogens with two attached hydrogens (primary N) is 1. The fraction of sp³-hybridized carbons (Fsp3) is 0.133. The second-order valence-corrected chi connectivity index (χ2v) is 4.32. The summed E-state index contributed by atoms with van der Waals surface area (Å²) < 4.78 is 4.61. The summed E-state index contributed by atoms with van der Waals surface area (Å²) in [7, 11) is 1.31. The highest BCUT2D eigenvalue weighted by Crippen LogP contribution is 2.21. The minimum Gasteiger partial charge on any atom is -0.453 e. The van der Waals surface area contributed by atoms with E-state index in [-0.39, 0.29) is 0 Å². The monoisotopic (exact) mass is 284 g/mol. The van der Waals surface area contributed by atoms with E-state index in [1.54, 1.807) is 30.6 Å². The number of hydrogen-bond acceptors (Lipinski definition) is 5. The fourth-order valence-corrected chi connectivity index (χ4v) is 1.77.